The van der Waals surface area contributed by atoms with E-state index in [1.807, 2.05) is 19.9 Å². The number of ether oxygens (including phenoxy) is 1. The summed E-state index contributed by atoms with van der Waals surface area (Å²) in [5.41, 5.74) is 3.38. The van der Waals surface area contributed by atoms with Crippen molar-refractivity contribution in [3.05, 3.63) is 28.7 Å². The summed E-state index contributed by atoms with van der Waals surface area (Å²) in [6, 6.07) is 1.60. The first-order valence-corrected chi connectivity index (χ1v) is 6.42. The molecule has 0 unspecified atom stereocenters. The molecule has 20 heavy (non-hydrogen) atoms. The van der Waals surface area contributed by atoms with E-state index in [-0.39, 0.29) is 5.91 Å². The van der Waals surface area contributed by atoms with Gasteiger partial charge in [-0.3, -0.25) is 9.69 Å². The van der Waals surface area contributed by atoms with Crippen LogP contribution in [-0.4, -0.2) is 42.2 Å². The molecule has 1 saturated heterocycles. The summed E-state index contributed by atoms with van der Waals surface area (Å²) in [5, 5.41) is 2.57. The first-order valence-electron chi connectivity index (χ1n) is 6.42. The molecule has 0 aromatic carbocycles. The van der Waals surface area contributed by atoms with Crippen LogP contribution in [0.4, 0.5) is 4.79 Å². The zero-order chi connectivity index (χ0) is 14.9. The zero-order valence-corrected chi connectivity index (χ0v) is 12.2. The minimum Gasteiger partial charge on any atom is -0.383 e. The molecule has 6 heteroatoms. The first kappa shape index (κ1) is 14.3. The van der Waals surface area contributed by atoms with Gasteiger partial charge >= 0.3 is 6.03 Å². The van der Waals surface area contributed by atoms with Gasteiger partial charge in [0.1, 0.15) is 5.70 Å². The van der Waals surface area contributed by atoms with Crippen molar-refractivity contribution in [2.45, 2.75) is 20.4 Å². The van der Waals surface area contributed by atoms with Gasteiger partial charge in [-0.15, -0.1) is 0 Å². The molecule has 1 aromatic rings. The molecule has 1 fully saturated rings. The van der Waals surface area contributed by atoms with Gasteiger partial charge in [-0.2, -0.15) is 0 Å². The van der Waals surface area contributed by atoms with Gasteiger partial charge in [0.25, 0.3) is 5.91 Å². The van der Waals surface area contributed by atoms with Crippen molar-refractivity contribution in [2.75, 3.05) is 20.8 Å². The average molecular weight is 277 g/mol. The molecule has 0 bridgehead atoms. The summed E-state index contributed by atoms with van der Waals surface area (Å²) < 4.78 is 7.22. The van der Waals surface area contributed by atoms with E-state index in [2.05, 4.69) is 9.88 Å². The van der Waals surface area contributed by atoms with Crippen LogP contribution >= 0.6 is 0 Å². The maximum absolute atomic E-state index is 11.8. The standard InChI is InChI=1S/C14H19N3O3/c1-9-7-11(10(2)17(9)5-6-20-4)8-12-13(18)16(3)14(19)15-12/h7-8H,5-6H2,1-4H3,(H,15,19)/b12-8+. The molecule has 0 aliphatic carbocycles. The number of rotatable bonds is 4. The molecule has 1 aliphatic heterocycles. The molecule has 0 spiro atoms. The van der Waals surface area contributed by atoms with Gasteiger partial charge in [0, 0.05) is 32.1 Å². The van der Waals surface area contributed by atoms with Crippen molar-refractivity contribution in [2.24, 2.45) is 0 Å². The van der Waals surface area contributed by atoms with Gasteiger partial charge in [-0.25, -0.2) is 4.79 Å². The third kappa shape index (κ3) is 2.46. The molecule has 0 atom stereocenters. The van der Waals surface area contributed by atoms with Gasteiger partial charge in [0.15, 0.2) is 0 Å². The lowest BCUT2D eigenvalue weighted by molar-refractivity contribution is -0.121. The quantitative estimate of drug-likeness (QED) is 0.666. The summed E-state index contributed by atoms with van der Waals surface area (Å²) >= 11 is 0. The van der Waals surface area contributed by atoms with Crippen LogP contribution in [0.5, 0.6) is 0 Å². The van der Waals surface area contributed by atoms with Gasteiger partial charge in [0.05, 0.1) is 6.61 Å². The highest BCUT2D eigenvalue weighted by Gasteiger charge is 2.30. The van der Waals surface area contributed by atoms with E-state index in [9.17, 15) is 9.59 Å². The SMILES string of the molecule is COCCn1c(C)cc(/C=C2/NC(=O)N(C)C2=O)c1C. The molecule has 0 saturated carbocycles. The van der Waals surface area contributed by atoms with Crippen LogP contribution in [0.3, 0.4) is 0 Å². The van der Waals surface area contributed by atoms with Crippen molar-refractivity contribution < 1.29 is 14.3 Å². The second kappa shape index (κ2) is 5.50. The molecule has 2 rings (SSSR count). The average Bonchev–Trinajstić information content (AvgIpc) is 2.81. The van der Waals surface area contributed by atoms with Crippen LogP contribution in [0.25, 0.3) is 6.08 Å². The highest BCUT2D eigenvalue weighted by molar-refractivity contribution is 6.13. The normalized spacial score (nSPS) is 17.2. The molecule has 0 radical (unpaired) electrons. The number of likely N-dealkylation sites (N-methyl/N-ethyl adjacent to an activating group) is 1. The summed E-state index contributed by atoms with van der Waals surface area (Å²) in [5.74, 6) is -0.309. The molecule has 1 aliphatic rings. The van der Waals surface area contributed by atoms with Gasteiger partial charge in [0.2, 0.25) is 0 Å². The van der Waals surface area contributed by atoms with Crippen LogP contribution in [0.2, 0.25) is 0 Å². The third-order valence-corrected chi connectivity index (χ3v) is 3.51. The first-order chi connectivity index (χ1) is 9.45. The summed E-state index contributed by atoms with van der Waals surface area (Å²) in [4.78, 5) is 24.3. The van der Waals surface area contributed by atoms with Crippen LogP contribution in [-0.2, 0) is 16.1 Å². The Morgan fingerprint density at radius 2 is 2.05 bits per heavy atom. The van der Waals surface area contributed by atoms with E-state index in [4.69, 9.17) is 4.74 Å². The summed E-state index contributed by atoms with van der Waals surface area (Å²) in [7, 11) is 3.12. The van der Waals surface area contributed by atoms with Gasteiger partial charge < -0.3 is 14.6 Å². The fourth-order valence-corrected chi connectivity index (χ4v) is 2.28. The summed E-state index contributed by atoms with van der Waals surface area (Å²) in [6.45, 7) is 5.38. The Morgan fingerprint density at radius 1 is 1.35 bits per heavy atom. The monoisotopic (exact) mass is 277 g/mol. The lowest BCUT2D eigenvalue weighted by Crippen LogP contribution is -2.25. The van der Waals surface area contributed by atoms with Crippen molar-refractivity contribution in [3.63, 3.8) is 0 Å². The van der Waals surface area contributed by atoms with Crippen LogP contribution in [0.15, 0.2) is 11.8 Å². The molecule has 6 nitrogen and oxygen atoms in total. The number of aromatic nitrogens is 1. The predicted molar refractivity (Wildman–Crippen MR) is 75.1 cm³/mol. The van der Waals surface area contributed by atoms with E-state index >= 15 is 0 Å². The van der Waals surface area contributed by atoms with E-state index < -0.39 is 6.03 Å². The van der Waals surface area contributed by atoms with E-state index in [1.54, 1.807) is 13.2 Å². The topological polar surface area (TPSA) is 63.6 Å². The highest BCUT2D eigenvalue weighted by atomic mass is 16.5. The minimum atomic E-state index is -0.394. The number of carbonyl (C=O) groups excluding carboxylic acids is 2. The maximum atomic E-state index is 11.8. The molecular formula is C14H19N3O3. The van der Waals surface area contributed by atoms with E-state index in [0.717, 1.165) is 28.4 Å². The van der Waals surface area contributed by atoms with Crippen molar-refractivity contribution in [1.29, 1.82) is 0 Å². The molecule has 1 aromatic heterocycles. The van der Waals surface area contributed by atoms with E-state index in [1.165, 1.54) is 7.05 Å². The molecule has 108 valence electrons. The number of aryl methyl sites for hydroxylation is 1. The summed E-state index contributed by atoms with van der Waals surface area (Å²) in [6.07, 6.45) is 1.72. The number of hydrogen-bond acceptors (Lipinski definition) is 3. The number of amides is 3. The largest absolute Gasteiger partial charge is 0.383 e. The number of methoxy groups -OCH3 is 1. The number of urea groups is 1. The second-order valence-corrected chi connectivity index (χ2v) is 4.82. The Morgan fingerprint density at radius 3 is 2.60 bits per heavy atom. The molecule has 3 amide bonds. The number of nitrogens with one attached hydrogen (secondary N) is 1. The Bertz CT molecular complexity index is 587. The Labute approximate surface area is 118 Å². The van der Waals surface area contributed by atoms with Crippen molar-refractivity contribution >= 4 is 18.0 Å². The number of nitrogens with zero attached hydrogens (tertiary/aromatic N) is 2. The van der Waals surface area contributed by atoms with Crippen molar-refractivity contribution in [1.82, 2.24) is 14.8 Å². The number of carbonyl (C=O) groups is 2. The van der Waals surface area contributed by atoms with Gasteiger partial charge in [-0.1, -0.05) is 0 Å². The lowest BCUT2D eigenvalue weighted by Gasteiger charge is -2.08. The second-order valence-electron chi connectivity index (χ2n) is 4.82. The van der Waals surface area contributed by atoms with Crippen LogP contribution < -0.4 is 5.32 Å². The fraction of sp³-hybridized carbons (Fsp3) is 0.429. The molecular weight excluding hydrogens is 258 g/mol. The zero-order valence-electron chi connectivity index (χ0n) is 12.2. The van der Waals surface area contributed by atoms with Crippen LogP contribution in [0, 0.1) is 13.8 Å². The third-order valence-electron chi connectivity index (χ3n) is 3.51. The van der Waals surface area contributed by atoms with E-state index in [0.29, 0.717) is 12.3 Å². The van der Waals surface area contributed by atoms with Crippen LogP contribution in [0.1, 0.15) is 17.0 Å². The number of imide groups is 1. The minimum absolute atomic E-state index is 0.309. The van der Waals surface area contributed by atoms with Crippen molar-refractivity contribution in [3.8, 4) is 0 Å². The van der Waals surface area contributed by atoms with Gasteiger partial charge in [-0.05, 0) is 31.6 Å². The highest BCUT2D eigenvalue weighted by Crippen LogP contribution is 2.19. The fourth-order valence-electron chi connectivity index (χ4n) is 2.28. The maximum Gasteiger partial charge on any atom is 0.328 e. The Balaban J connectivity index is 2.31. The Hall–Kier alpha value is -2.08. The molecule has 1 N–H and O–H groups in total. The molecule has 2 heterocycles. The Kier molecular flexibility index (Phi) is 3.94. The smallest absolute Gasteiger partial charge is 0.328 e. The lowest BCUT2D eigenvalue weighted by atomic mass is 10.2. The number of hydrogen-bond donors (Lipinski definition) is 1. The predicted octanol–water partition coefficient (Wildman–Crippen LogP) is 1.27.